The van der Waals surface area contributed by atoms with Crippen molar-refractivity contribution < 1.29 is 9.42 Å². The van der Waals surface area contributed by atoms with Gasteiger partial charge in [-0.2, -0.15) is 5.10 Å². The summed E-state index contributed by atoms with van der Waals surface area (Å²) in [6, 6.07) is 4.99. The van der Waals surface area contributed by atoms with Crippen LogP contribution in [0.25, 0.3) is 0 Å². The Bertz CT molecular complexity index is 620. The molecule has 0 bridgehead atoms. The minimum atomic E-state index is -0.654. The maximum atomic E-state index is 11.6. The van der Waals surface area contributed by atoms with Gasteiger partial charge < -0.3 is 5.73 Å². The average Bonchev–Trinajstić information content (AvgIpc) is 2.79. The van der Waals surface area contributed by atoms with E-state index in [0.29, 0.717) is 15.6 Å². The van der Waals surface area contributed by atoms with Crippen LogP contribution in [0.5, 0.6) is 0 Å². The Labute approximate surface area is 117 Å². The number of benzene rings is 1. The molecule has 19 heavy (non-hydrogen) atoms. The van der Waals surface area contributed by atoms with Gasteiger partial charge in [0.1, 0.15) is 0 Å². The largest absolute Gasteiger partial charge is 0.379 e. The highest BCUT2D eigenvalue weighted by molar-refractivity contribution is 6.38. The number of nitrogens with two attached hydrogens (primary N) is 1. The van der Waals surface area contributed by atoms with E-state index in [1.165, 1.54) is 6.21 Å². The molecule has 0 unspecified atom stereocenters. The molecular formula is C10H7Cl2N5O2. The van der Waals surface area contributed by atoms with Crippen LogP contribution in [-0.4, -0.2) is 22.4 Å². The first-order valence-corrected chi connectivity index (χ1v) is 5.70. The van der Waals surface area contributed by atoms with E-state index >= 15 is 0 Å². The predicted octanol–water partition coefficient (Wildman–Crippen LogP) is 1.72. The van der Waals surface area contributed by atoms with Gasteiger partial charge in [0.15, 0.2) is 0 Å². The third-order valence-electron chi connectivity index (χ3n) is 2.09. The molecule has 3 N–H and O–H groups in total. The summed E-state index contributed by atoms with van der Waals surface area (Å²) in [5.41, 5.74) is 7.88. The summed E-state index contributed by atoms with van der Waals surface area (Å²) in [4.78, 5) is 11.6. The van der Waals surface area contributed by atoms with Crippen LogP contribution in [0.2, 0.25) is 10.0 Å². The maximum Gasteiger partial charge on any atom is 0.297 e. The van der Waals surface area contributed by atoms with Gasteiger partial charge >= 0.3 is 0 Å². The molecule has 98 valence electrons. The molecule has 2 rings (SSSR count). The fourth-order valence-corrected chi connectivity index (χ4v) is 1.69. The Morgan fingerprint density at radius 2 is 2.05 bits per heavy atom. The smallest absolute Gasteiger partial charge is 0.297 e. The fraction of sp³-hybridized carbons (Fsp3) is 0. The van der Waals surface area contributed by atoms with Crippen molar-refractivity contribution in [3.05, 3.63) is 39.5 Å². The molecule has 9 heteroatoms. The lowest BCUT2D eigenvalue weighted by atomic mass is 10.2. The van der Waals surface area contributed by atoms with Crippen LogP contribution in [0, 0.1) is 0 Å². The van der Waals surface area contributed by atoms with E-state index in [1.807, 2.05) is 0 Å². The van der Waals surface area contributed by atoms with Crippen molar-refractivity contribution in [1.29, 1.82) is 0 Å². The number of aromatic nitrogens is 2. The number of hydrogen-bond acceptors (Lipinski definition) is 6. The standard InChI is InChI=1S/C10H7Cl2N5O2/c11-6-2-1-3-7(12)5(6)4-14-15-10(18)8-9(13)17-19-16-8/h1-4H,(H2,13,17)(H,15,18)/b14-4+. The van der Waals surface area contributed by atoms with Crippen molar-refractivity contribution >= 4 is 41.1 Å². The number of hydrazone groups is 1. The van der Waals surface area contributed by atoms with Crippen LogP contribution in [0.4, 0.5) is 5.82 Å². The lowest BCUT2D eigenvalue weighted by molar-refractivity contribution is 0.0946. The van der Waals surface area contributed by atoms with Crippen LogP contribution >= 0.6 is 23.2 Å². The molecular weight excluding hydrogens is 293 g/mol. The molecule has 1 aromatic carbocycles. The van der Waals surface area contributed by atoms with E-state index < -0.39 is 5.91 Å². The normalized spacial score (nSPS) is 10.8. The van der Waals surface area contributed by atoms with Gasteiger partial charge in [-0.3, -0.25) is 4.79 Å². The van der Waals surface area contributed by atoms with Gasteiger partial charge in [-0.1, -0.05) is 29.3 Å². The first kappa shape index (κ1) is 13.3. The molecule has 0 saturated heterocycles. The summed E-state index contributed by atoms with van der Waals surface area (Å²) in [5, 5.41) is 11.1. The van der Waals surface area contributed by atoms with Crippen LogP contribution in [0.1, 0.15) is 16.1 Å². The van der Waals surface area contributed by atoms with E-state index in [-0.39, 0.29) is 11.5 Å². The Morgan fingerprint density at radius 1 is 1.37 bits per heavy atom. The lowest BCUT2D eigenvalue weighted by Crippen LogP contribution is -2.19. The van der Waals surface area contributed by atoms with E-state index in [9.17, 15) is 4.79 Å². The summed E-state index contributed by atoms with van der Waals surface area (Å²) < 4.78 is 4.29. The molecule has 2 aromatic rings. The highest BCUT2D eigenvalue weighted by Crippen LogP contribution is 2.21. The Kier molecular flexibility index (Phi) is 3.98. The molecule has 1 amide bonds. The average molecular weight is 300 g/mol. The predicted molar refractivity (Wildman–Crippen MR) is 70.2 cm³/mol. The zero-order valence-electron chi connectivity index (χ0n) is 9.30. The van der Waals surface area contributed by atoms with Gasteiger partial charge in [0.25, 0.3) is 5.91 Å². The van der Waals surface area contributed by atoms with Crippen molar-refractivity contribution in [2.45, 2.75) is 0 Å². The van der Waals surface area contributed by atoms with E-state index in [0.717, 1.165) is 0 Å². The number of amides is 1. The Hall–Kier alpha value is -2.12. The van der Waals surface area contributed by atoms with Gasteiger partial charge in [0, 0.05) is 5.56 Å². The van der Waals surface area contributed by atoms with E-state index in [1.54, 1.807) is 18.2 Å². The van der Waals surface area contributed by atoms with Gasteiger partial charge in [-0.15, -0.1) is 0 Å². The molecule has 0 aliphatic carbocycles. The van der Waals surface area contributed by atoms with Gasteiger partial charge in [-0.05, 0) is 22.4 Å². The van der Waals surface area contributed by atoms with Crippen LogP contribution in [0.15, 0.2) is 27.9 Å². The monoisotopic (exact) mass is 299 g/mol. The van der Waals surface area contributed by atoms with Crippen LogP contribution in [0.3, 0.4) is 0 Å². The SMILES string of the molecule is Nc1nonc1C(=O)N/N=C/c1c(Cl)cccc1Cl. The third kappa shape index (κ3) is 3.01. The number of nitrogens with one attached hydrogen (secondary N) is 1. The molecule has 0 spiro atoms. The number of halogens is 2. The van der Waals surface area contributed by atoms with Crippen LogP contribution < -0.4 is 11.2 Å². The topological polar surface area (TPSA) is 106 Å². The number of hydrogen-bond donors (Lipinski definition) is 2. The van der Waals surface area contributed by atoms with E-state index in [4.69, 9.17) is 28.9 Å². The van der Waals surface area contributed by atoms with Crippen molar-refractivity contribution in [3.8, 4) is 0 Å². The number of anilines is 1. The first-order chi connectivity index (χ1) is 9.09. The summed E-state index contributed by atoms with van der Waals surface area (Å²) >= 11 is 11.8. The van der Waals surface area contributed by atoms with Gasteiger partial charge in [0.2, 0.25) is 11.5 Å². The fourth-order valence-electron chi connectivity index (χ4n) is 1.20. The third-order valence-corrected chi connectivity index (χ3v) is 2.75. The number of nitrogen functional groups attached to an aromatic ring is 1. The van der Waals surface area contributed by atoms with E-state index in [2.05, 4.69) is 25.5 Å². The summed E-state index contributed by atoms with van der Waals surface area (Å²) in [6.45, 7) is 0. The molecule has 0 fully saturated rings. The molecule has 7 nitrogen and oxygen atoms in total. The Morgan fingerprint density at radius 3 is 2.63 bits per heavy atom. The molecule has 0 aliphatic heterocycles. The summed E-state index contributed by atoms with van der Waals surface area (Å²) in [5.74, 6) is -0.776. The maximum absolute atomic E-state index is 11.6. The Balaban J connectivity index is 2.09. The quantitative estimate of drug-likeness (QED) is 0.663. The molecule has 1 heterocycles. The molecule has 1 aromatic heterocycles. The number of carbonyl (C=O) groups excluding carboxylic acids is 1. The summed E-state index contributed by atoms with van der Waals surface area (Å²) in [7, 11) is 0. The second-order valence-electron chi connectivity index (χ2n) is 3.33. The van der Waals surface area contributed by atoms with Crippen LogP contribution in [-0.2, 0) is 0 Å². The minimum absolute atomic E-state index is 0.122. The number of nitrogens with zero attached hydrogens (tertiary/aromatic N) is 3. The van der Waals surface area contributed by atoms with Gasteiger partial charge in [-0.25, -0.2) is 10.1 Å². The summed E-state index contributed by atoms with van der Waals surface area (Å²) in [6.07, 6.45) is 1.31. The second-order valence-corrected chi connectivity index (χ2v) is 4.15. The molecule has 0 saturated carbocycles. The minimum Gasteiger partial charge on any atom is -0.379 e. The molecule has 0 atom stereocenters. The number of carbonyl (C=O) groups is 1. The zero-order chi connectivity index (χ0) is 13.8. The highest BCUT2D eigenvalue weighted by Gasteiger charge is 2.14. The van der Waals surface area contributed by atoms with Crippen molar-refractivity contribution in [3.63, 3.8) is 0 Å². The lowest BCUT2D eigenvalue weighted by Gasteiger charge is -2.00. The second kappa shape index (κ2) is 5.68. The van der Waals surface area contributed by atoms with Crippen molar-refractivity contribution in [2.24, 2.45) is 5.10 Å². The van der Waals surface area contributed by atoms with Crippen molar-refractivity contribution in [2.75, 3.05) is 5.73 Å². The molecule has 0 aliphatic rings. The molecule has 0 radical (unpaired) electrons. The zero-order valence-corrected chi connectivity index (χ0v) is 10.8. The van der Waals surface area contributed by atoms with Gasteiger partial charge in [0.05, 0.1) is 16.3 Å². The number of rotatable bonds is 3. The highest BCUT2D eigenvalue weighted by atomic mass is 35.5. The first-order valence-electron chi connectivity index (χ1n) is 4.95. The van der Waals surface area contributed by atoms with Crippen molar-refractivity contribution in [1.82, 2.24) is 15.7 Å².